The van der Waals surface area contributed by atoms with Crippen molar-refractivity contribution in [1.82, 2.24) is 9.88 Å². The van der Waals surface area contributed by atoms with E-state index in [1.54, 1.807) is 17.0 Å². The SMILES string of the molecule is CCOc1cc(C(=O)N(CCCN(C)C)c2nc3cc4c(cc3s2)OCO4)cc(OCC)c1OCC. The zero-order valence-electron chi connectivity index (χ0n) is 21.5. The summed E-state index contributed by atoms with van der Waals surface area (Å²) in [5, 5.41) is 0.613. The molecule has 10 heteroatoms. The van der Waals surface area contributed by atoms with Gasteiger partial charge in [-0.3, -0.25) is 9.69 Å². The molecule has 194 valence electrons. The number of ether oxygens (including phenoxy) is 5. The Morgan fingerprint density at radius 3 is 2.19 bits per heavy atom. The second-order valence-corrected chi connectivity index (χ2v) is 9.39. The number of anilines is 1. The monoisotopic (exact) mass is 515 g/mol. The van der Waals surface area contributed by atoms with Crippen LogP contribution in [0.5, 0.6) is 28.7 Å². The highest BCUT2D eigenvalue weighted by atomic mass is 32.1. The van der Waals surface area contributed by atoms with E-state index in [1.165, 1.54) is 11.3 Å². The van der Waals surface area contributed by atoms with Gasteiger partial charge in [0.05, 0.1) is 30.0 Å². The number of hydrogen-bond donors (Lipinski definition) is 0. The highest BCUT2D eigenvalue weighted by Crippen LogP contribution is 2.42. The molecule has 0 N–H and O–H groups in total. The minimum Gasteiger partial charge on any atom is -0.490 e. The minimum absolute atomic E-state index is 0.183. The molecule has 0 bridgehead atoms. The smallest absolute Gasteiger partial charge is 0.260 e. The quantitative estimate of drug-likeness (QED) is 0.340. The van der Waals surface area contributed by atoms with E-state index in [0.717, 1.165) is 23.2 Å². The molecule has 9 nitrogen and oxygen atoms in total. The Labute approximate surface area is 215 Å². The van der Waals surface area contributed by atoms with Crippen molar-refractivity contribution >= 4 is 32.6 Å². The van der Waals surface area contributed by atoms with Gasteiger partial charge in [0.25, 0.3) is 5.91 Å². The zero-order valence-corrected chi connectivity index (χ0v) is 22.3. The van der Waals surface area contributed by atoms with E-state index in [2.05, 4.69) is 4.90 Å². The molecule has 0 unspecified atom stereocenters. The first-order valence-electron chi connectivity index (χ1n) is 12.2. The standard InChI is InChI=1S/C26H33N3O6S/c1-6-31-21-12-17(13-22(32-7-2)24(21)33-8-3)25(30)29(11-9-10-28(4)5)26-27-18-14-19-20(35-16-34-19)15-23(18)36-26/h12-15H,6-11,16H2,1-5H3. The summed E-state index contributed by atoms with van der Waals surface area (Å²) >= 11 is 1.45. The van der Waals surface area contributed by atoms with Gasteiger partial charge in [0.2, 0.25) is 12.5 Å². The summed E-state index contributed by atoms with van der Waals surface area (Å²) < 4.78 is 29.4. The number of aromatic nitrogens is 1. The second kappa shape index (κ2) is 11.7. The van der Waals surface area contributed by atoms with Crippen LogP contribution in [0, 0.1) is 0 Å². The van der Waals surface area contributed by atoms with E-state index < -0.39 is 0 Å². The summed E-state index contributed by atoms with van der Waals surface area (Å²) in [6.45, 7) is 8.55. The van der Waals surface area contributed by atoms with Gasteiger partial charge in [-0.25, -0.2) is 4.98 Å². The number of thiazole rings is 1. The van der Waals surface area contributed by atoms with Gasteiger partial charge < -0.3 is 28.6 Å². The zero-order chi connectivity index (χ0) is 25.7. The van der Waals surface area contributed by atoms with Crippen LogP contribution < -0.4 is 28.6 Å². The van der Waals surface area contributed by atoms with Crippen molar-refractivity contribution in [3.63, 3.8) is 0 Å². The normalized spacial score (nSPS) is 12.3. The Morgan fingerprint density at radius 2 is 1.58 bits per heavy atom. The van der Waals surface area contributed by atoms with Gasteiger partial charge in [0.1, 0.15) is 0 Å². The minimum atomic E-state index is -0.183. The summed E-state index contributed by atoms with van der Waals surface area (Å²) in [4.78, 5) is 22.6. The predicted octanol–water partition coefficient (Wildman–Crippen LogP) is 4.82. The molecular weight excluding hydrogens is 482 g/mol. The molecule has 0 saturated carbocycles. The van der Waals surface area contributed by atoms with E-state index in [9.17, 15) is 4.79 Å². The molecule has 0 saturated heterocycles. The lowest BCUT2D eigenvalue weighted by Gasteiger charge is -2.22. The fourth-order valence-electron chi connectivity index (χ4n) is 3.92. The first kappa shape index (κ1) is 25.8. The molecule has 1 aliphatic rings. The van der Waals surface area contributed by atoms with Gasteiger partial charge in [-0.15, -0.1) is 0 Å². The Kier molecular flexibility index (Phi) is 8.37. The molecule has 1 amide bonds. The molecule has 36 heavy (non-hydrogen) atoms. The lowest BCUT2D eigenvalue weighted by Crippen LogP contribution is -2.33. The van der Waals surface area contributed by atoms with Crippen LogP contribution >= 0.6 is 11.3 Å². The van der Waals surface area contributed by atoms with E-state index in [1.807, 2.05) is 47.0 Å². The number of carbonyl (C=O) groups is 1. The first-order valence-corrected chi connectivity index (χ1v) is 13.0. The van der Waals surface area contributed by atoms with Crippen LogP contribution in [0.3, 0.4) is 0 Å². The molecule has 0 fully saturated rings. The van der Waals surface area contributed by atoms with E-state index in [0.29, 0.717) is 65.8 Å². The average molecular weight is 516 g/mol. The second-order valence-electron chi connectivity index (χ2n) is 8.38. The topological polar surface area (TPSA) is 82.6 Å². The third-order valence-electron chi connectivity index (χ3n) is 5.49. The molecule has 2 heterocycles. The maximum Gasteiger partial charge on any atom is 0.260 e. The van der Waals surface area contributed by atoms with Gasteiger partial charge in [-0.2, -0.15) is 0 Å². The molecule has 3 aromatic rings. The van der Waals surface area contributed by atoms with Crippen molar-refractivity contribution in [2.45, 2.75) is 27.2 Å². The van der Waals surface area contributed by atoms with Crippen molar-refractivity contribution < 1.29 is 28.5 Å². The van der Waals surface area contributed by atoms with Crippen molar-refractivity contribution in [3.05, 3.63) is 29.8 Å². The third-order valence-corrected chi connectivity index (χ3v) is 6.53. The van der Waals surface area contributed by atoms with E-state index in [-0.39, 0.29) is 12.7 Å². The molecule has 1 aromatic heterocycles. The largest absolute Gasteiger partial charge is 0.490 e. The van der Waals surface area contributed by atoms with Gasteiger partial charge in [0, 0.05) is 24.2 Å². The lowest BCUT2D eigenvalue weighted by molar-refractivity contribution is 0.0985. The van der Waals surface area contributed by atoms with Crippen molar-refractivity contribution in [3.8, 4) is 28.7 Å². The van der Waals surface area contributed by atoms with Crippen LogP contribution in [0.1, 0.15) is 37.6 Å². The van der Waals surface area contributed by atoms with Crippen molar-refractivity contribution in [1.29, 1.82) is 0 Å². The summed E-state index contributed by atoms with van der Waals surface area (Å²) in [6.07, 6.45) is 0.783. The third kappa shape index (κ3) is 5.60. The van der Waals surface area contributed by atoms with Crippen LogP contribution in [0.2, 0.25) is 0 Å². The van der Waals surface area contributed by atoms with Gasteiger partial charge >= 0.3 is 0 Å². The predicted molar refractivity (Wildman–Crippen MR) is 141 cm³/mol. The first-order chi connectivity index (χ1) is 17.4. The number of benzene rings is 2. The van der Waals surface area contributed by atoms with Crippen molar-refractivity contribution in [2.24, 2.45) is 0 Å². The highest BCUT2D eigenvalue weighted by molar-refractivity contribution is 7.22. The van der Waals surface area contributed by atoms with Crippen molar-refractivity contribution in [2.75, 3.05) is 58.7 Å². The summed E-state index contributed by atoms with van der Waals surface area (Å²) in [6, 6.07) is 7.22. The summed E-state index contributed by atoms with van der Waals surface area (Å²) in [5.74, 6) is 2.65. The average Bonchev–Trinajstić information content (AvgIpc) is 3.47. The molecule has 0 radical (unpaired) electrons. The Morgan fingerprint density at radius 1 is 0.944 bits per heavy atom. The van der Waals surface area contributed by atoms with Crippen LogP contribution in [-0.4, -0.2) is 69.6 Å². The van der Waals surface area contributed by atoms with Gasteiger partial charge in [0.15, 0.2) is 28.1 Å². The number of nitrogens with zero attached hydrogens (tertiary/aromatic N) is 3. The van der Waals surface area contributed by atoms with E-state index in [4.69, 9.17) is 28.7 Å². The van der Waals surface area contributed by atoms with Crippen LogP contribution in [-0.2, 0) is 0 Å². The lowest BCUT2D eigenvalue weighted by atomic mass is 10.1. The molecule has 1 aliphatic heterocycles. The fourth-order valence-corrected chi connectivity index (χ4v) is 4.92. The van der Waals surface area contributed by atoms with Crippen LogP contribution in [0.25, 0.3) is 10.2 Å². The molecule has 2 aromatic carbocycles. The number of amides is 1. The summed E-state index contributed by atoms with van der Waals surface area (Å²) in [7, 11) is 4.03. The van der Waals surface area contributed by atoms with Gasteiger partial charge in [-0.05, 0) is 60.0 Å². The maximum atomic E-state index is 14.0. The van der Waals surface area contributed by atoms with Gasteiger partial charge in [-0.1, -0.05) is 11.3 Å². The number of hydrogen-bond acceptors (Lipinski definition) is 9. The number of fused-ring (bicyclic) bond motifs is 2. The summed E-state index contributed by atoms with van der Waals surface area (Å²) in [5.41, 5.74) is 1.21. The maximum absolute atomic E-state index is 14.0. The molecule has 0 aliphatic carbocycles. The van der Waals surface area contributed by atoms with Crippen LogP contribution in [0.4, 0.5) is 5.13 Å². The molecule has 0 spiro atoms. The molecule has 0 atom stereocenters. The number of rotatable bonds is 12. The molecular formula is C26H33N3O6S. The van der Waals surface area contributed by atoms with E-state index >= 15 is 0 Å². The highest BCUT2D eigenvalue weighted by Gasteiger charge is 2.26. The fraction of sp³-hybridized carbons (Fsp3) is 0.462. The Bertz CT molecular complexity index is 1140. The molecule has 4 rings (SSSR count). The van der Waals surface area contributed by atoms with Crippen LogP contribution in [0.15, 0.2) is 24.3 Å². The Balaban J connectivity index is 1.74. The number of carbonyl (C=O) groups excluding carboxylic acids is 1. The Hall–Kier alpha value is -3.24.